The predicted molar refractivity (Wildman–Crippen MR) is 76.3 cm³/mol. The van der Waals surface area contributed by atoms with Crippen molar-refractivity contribution >= 4 is 11.5 Å². The van der Waals surface area contributed by atoms with Gasteiger partial charge in [-0.3, -0.25) is 4.79 Å². The van der Waals surface area contributed by atoms with E-state index < -0.39 is 0 Å². The highest BCUT2D eigenvalue weighted by atomic mass is 16.5. The summed E-state index contributed by atoms with van der Waals surface area (Å²) in [6.07, 6.45) is 3.21. The number of carbonyl (C=O) groups is 1. The second-order valence-corrected chi connectivity index (χ2v) is 5.97. The Balaban J connectivity index is 2.23. The number of fused-ring (bicyclic) bond motifs is 1. The van der Waals surface area contributed by atoms with Gasteiger partial charge in [0.1, 0.15) is 5.75 Å². The van der Waals surface area contributed by atoms with Crippen molar-refractivity contribution in [2.75, 3.05) is 19.0 Å². The van der Waals surface area contributed by atoms with Crippen LogP contribution in [0, 0.1) is 26.2 Å². The average molecular weight is 259 g/mol. The van der Waals surface area contributed by atoms with Gasteiger partial charge in [-0.1, -0.05) is 6.42 Å². The Morgan fingerprint density at radius 1 is 1.11 bits per heavy atom. The van der Waals surface area contributed by atoms with E-state index in [4.69, 9.17) is 4.74 Å². The minimum absolute atomic E-state index is 0.134. The number of carbonyl (C=O) groups excluding carboxylic acids is 1. The van der Waals surface area contributed by atoms with Gasteiger partial charge in [-0.25, -0.2) is 0 Å². The molecule has 3 rings (SSSR count). The lowest BCUT2D eigenvalue weighted by Gasteiger charge is -2.45. The molecule has 0 amide bonds. The third-order valence-electron chi connectivity index (χ3n) is 5.07. The lowest BCUT2D eigenvalue weighted by Crippen LogP contribution is -2.47. The highest BCUT2D eigenvalue weighted by molar-refractivity contribution is 6.10. The van der Waals surface area contributed by atoms with Crippen molar-refractivity contribution in [3.8, 4) is 5.75 Å². The molecule has 1 saturated carbocycles. The number of hydrogen-bond acceptors (Lipinski definition) is 3. The Morgan fingerprint density at radius 2 is 1.79 bits per heavy atom. The third kappa shape index (κ3) is 1.47. The molecule has 1 aromatic carbocycles. The molecule has 0 radical (unpaired) electrons. The van der Waals surface area contributed by atoms with E-state index in [-0.39, 0.29) is 5.41 Å². The Morgan fingerprint density at radius 3 is 2.32 bits per heavy atom. The molecule has 1 heterocycles. The van der Waals surface area contributed by atoms with Crippen molar-refractivity contribution in [3.63, 3.8) is 0 Å². The molecule has 19 heavy (non-hydrogen) atoms. The molecule has 0 saturated heterocycles. The molecule has 0 unspecified atom stereocenters. The molecule has 0 aromatic heterocycles. The maximum atomic E-state index is 12.9. The largest absolute Gasteiger partial charge is 0.496 e. The zero-order chi connectivity index (χ0) is 13.8. The van der Waals surface area contributed by atoms with E-state index in [2.05, 4.69) is 19.2 Å². The van der Waals surface area contributed by atoms with E-state index >= 15 is 0 Å². The van der Waals surface area contributed by atoms with E-state index in [1.54, 1.807) is 7.11 Å². The van der Waals surface area contributed by atoms with Gasteiger partial charge in [0, 0.05) is 23.4 Å². The van der Waals surface area contributed by atoms with Crippen LogP contribution in [-0.2, 0) is 0 Å². The quantitative estimate of drug-likeness (QED) is 0.840. The molecule has 1 fully saturated rings. The minimum Gasteiger partial charge on any atom is -0.496 e. The number of rotatable bonds is 1. The summed E-state index contributed by atoms with van der Waals surface area (Å²) in [7, 11) is 1.68. The zero-order valence-corrected chi connectivity index (χ0v) is 12.1. The molecular weight excluding hydrogens is 238 g/mol. The number of benzene rings is 1. The topological polar surface area (TPSA) is 38.3 Å². The van der Waals surface area contributed by atoms with Crippen LogP contribution in [0.1, 0.15) is 46.3 Å². The first-order valence-electron chi connectivity index (χ1n) is 6.98. The fourth-order valence-electron chi connectivity index (χ4n) is 3.55. The SMILES string of the molecule is COc1c(C)c(C)c2c(c1C)C(=O)C1(CCC1)CN2. The predicted octanol–water partition coefficient (Wildman–Crippen LogP) is 3.40. The summed E-state index contributed by atoms with van der Waals surface area (Å²) in [5.41, 5.74) is 5.02. The molecule has 1 aliphatic carbocycles. The van der Waals surface area contributed by atoms with Crippen LogP contribution in [0.15, 0.2) is 0 Å². The van der Waals surface area contributed by atoms with Crippen molar-refractivity contribution in [3.05, 3.63) is 22.3 Å². The number of ketones is 1. The Hall–Kier alpha value is -1.51. The number of Topliss-reactive ketones (excluding diaryl/α,β-unsaturated/α-hetero) is 1. The van der Waals surface area contributed by atoms with Gasteiger partial charge in [-0.2, -0.15) is 0 Å². The van der Waals surface area contributed by atoms with Crippen LogP contribution in [-0.4, -0.2) is 19.4 Å². The summed E-state index contributed by atoms with van der Waals surface area (Å²) in [5, 5.41) is 3.51. The number of anilines is 1. The zero-order valence-electron chi connectivity index (χ0n) is 12.1. The molecule has 0 atom stereocenters. The highest BCUT2D eigenvalue weighted by Crippen LogP contribution is 2.50. The van der Waals surface area contributed by atoms with E-state index in [1.165, 1.54) is 6.42 Å². The van der Waals surface area contributed by atoms with Crippen molar-refractivity contribution in [2.24, 2.45) is 5.41 Å². The van der Waals surface area contributed by atoms with Gasteiger partial charge in [-0.15, -0.1) is 0 Å². The van der Waals surface area contributed by atoms with Crippen molar-refractivity contribution in [1.29, 1.82) is 0 Å². The van der Waals surface area contributed by atoms with Crippen LogP contribution in [0.3, 0.4) is 0 Å². The van der Waals surface area contributed by atoms with Gasteiger partial charge in [0.25, 0.3) is 0 Å². The molecule has 2 aliphatic rings. The fourth-order valence-corrected chi connectivity index (χ4v) is 3.55. The summed E-state index contributed by atoms with van der Waals surface area (Å²) in [6, 6.07) is 0. The summed E-state index contributed by atoms with van der Waals surface area (Å²) in [4.78, 5) is 12.9. The Bertz CT molecular complexity index is 571. The number of ether oxygens (including phenoxy) is 1. The van der Waals surface area contributed by atoms with Crippen LogP contribution >= 0.6 is 0 Å². The van der Waals surface area contributed by atoms with E-state index in [9.17, 15) is 4.79 Å². The van der Waals surface area contributed by atoms with E-state index in [0.29, 0.717) is 5.78 Å². The molecule has 102 valence electrons. The van der Waals surface area contributed by atoms with Gasteiger partial charge in [0.15, 0.2) is 5.78 Å². The second kappa shape index (κ2) is 3.99. The van der Waals surface area contributed by atoms with Crippen molar-refractivity contribution < 1.29 is 9.53 Å². The van der Waals surface area contributed by atoms with Gasteiger partial charge in [-0.05, 0) is 44.7 Å². The first-order chi connectivity index (χ1) is 9.02. The van der Waals surface area contributed by atoms with Crippen LogP contribution in [0.2, 0.25) is 0 Å². The summed E-state index contributed by atoms with van der Waals surface area (Å²) >= 11 is 0. The Labute approximate surface area is 114 Å². The summed E-state index contributed by atoms with van der Waals surface area (Å²) < 4.78 is 5.51. The number of hydrogen-bond donors (Lipinski definition) is 1. The molecule has 0 bridgehead atoms. The monoisotopic (exact) mass is 259 g/mol. The van der Waals surface area contributed by atoms with Gasteiger partial charge >= 0.3 is 0 Å². The fraction of sp³-hybridized carbons (Fsp3) is 0.562. The molecule has 1 spiro atoms. The molecule has 3 heteroatoms. The maximum Gasteiger partial charge on any atom is 0.173 e. The smallest absolute Gasteiger partial charge is 0.173 e. The van der Waals surface area contributed by atoms with Crippen LogP contribution in [0.4, 0.5) is 5.69 Å². The second-order valence-electron chi connectivity index (χ2n) is 5.97. The third-order valence-corrected chi connectivity index (χ3v) is 5.07. The molecule has 1 N–H and O–H groups in total. The normalized spacial score (nSPS) is 19.7. The molecule has 3 nitrogen and oxygen atoms in total. The van der Waals surface area contributed by atoms with E-state index in [0.717, 1.165) is 53.1 Å². The van der Waals surface area contributed by atoms with Gasteiger partial charge in [0.2, 0.25) is 0 Å². The maximum absolute atomic E-state index is 12.9. The standard InChI is InChI=1S/C16H21NO2/c1-9-10(2)14(19-4)11(3)12-13(9)17-8-16(15(12)18)6-5-7-16/h17H,5-8H2,1-4H3. The summed E-state index contributed by atoms with van der Waals surface area (Å²) in [6.45, 7) is 6.92. The number of nitrogens with one attached hydrogen (secondary N) is 1. The Kier molecular flexibility index (Phi) is 2.63. The molecule has 1 aromatic rings. The average Bonchev–Trinajstić information content (AvgIpc) is 2.34. The minimum atomic E-state index is -0.134. The first kappa shape index (κ1) is 12.5. The van der Waals surface area contributed by atoms with Crippen LogP contribution in [0.25, 0.3) is 0 Å². The van der Waals surface area contributed by atoms with E-state index in [1.807, 2.05) is 6.92 Å². The number of methoxy groups -OCH3 is 1. The molecular formula is C16H21NO2. The lowest BCUT2D eigenvalue weighted by atomic mass is 9.62. The van der Waals surface area contributed by atoms with Crippen molar-refractivity contribution in [2.45, 2.75) is 40.0 Å². The van der Waals surface area contributed by atoms with Crippen molar-refractivity contribution in [1.82, 2.24) is 0 Å². The van der Waals surface area contributed by atoms with Crippen LogP contribution in [0.5, 0.6) is 5.75 Å². The van der Waals surface area contributed by atoms with Crippen LogP contribution < -0.4 is 10.1 Å². The molecule has 1 aliphatic heterocycles. The van der Waals surface area contributed by atoms with Gasteiger partial charge < -0.3 is 10.1 Å². The summed E-state index contributed by atoms with van der Waals surface area (Å²) in [5.74, 6) is 1.19. The van der Waals surface area contributed by atoms with Gasteiger partial charge in [0.05, 0.1) is 12.5 Å². The first-order valence-corrected chi connectivity index (χ1v) is 6.98. The highest BCUT2D eigenvalue weighted by Gasteiger charge is 2.48. The lowest BCUT2D eigenvalue weighted by molar-refractivity contribution is 0.0634.